The normalized spacial score (nSPS) is 35.1. The minimum Gasteiger partial charge on any atom is -0.0685 e. The van der Waals surface area contributed by atoms with Crippen molar-refractivity contribution in [2.45, 2.75) is 80.8 Å². The fourth-order valence-electron chi connectivity index (χ4n) is 6.18. The van der Waals surface area contributed by atoms with Crippen molar-refractivity contribution in [3.63, 3.8) is 0 Å². The van der Waals surface area contributed by atoms with E-state index in [0.717, 1.165) is 23.7 Å². The van der Waals surface area contributed by atoms with Gasteiger partial charge in [0.2, 0.25) is 0 Å². The molecule has 0 bridgehead atoms. The van der Waals surface area contributed by atoms with Gasteiger partial charge in [0.25, 0.3) is 0 Å². The van der Waals surface area contributed by atoms with Crippen LogP contribution in [0.5, 0.6) is 0 Å². The van der Waals surface area contributed by atoms with E-state index in [1.165, 1.54) is 31.1 Å². The van der Waals surface area contributed by atoms with Crippen LogP contribution in [0.25, 0.3) is 0 Å². The molecule has 3 saturated carbocycles. The molecule has 0 saturated heterocycles. The second-order valence-corrected chi connectivity index (χ2v) is 14.6. The first-order chi connectivity index (χ1) is 12.6. The van der Waals surface area contributed by atoms with Gasteiger partial charge in [-0.1, -0.05) is 68.0 Å². The molecule has 0 aliphatic heterocycles. The third-order valence-corrected chi connectivity index (χ3v) is 11.8. The summed E-state index contributed by atoms with van der Waals surface area (Å²) >= 11 is 0. The lowest BCUT2D eigenvalue weighted by atomic mass is 9.65. The van der Waals surface area contributed by atoms with Gasteiger partial charge >= 0.3 is 0 Å². The van der Waals surface area contributed by atoms with E-state index in [1.54, 1.807) is 28.8 Å². The Morgan fingerprint density at radius 3 is 2.04 bits per heavy atom. The Morgan fingerprint density at radius 1 is 0.889 bits per heavy atom. The smallest absolute Gasteiger partial charge is 0.0629 e. The molecule has 0 aromatic rings. The molecule has 27 heavy (non-hydrogen) atoms. The SMILES string of the molecule is C[C]1[C](C)[C](C)[C]([Si](C)(C)[C]2[CH][CH][CH][C]2[C@H]2C[C@H](C)CC[C@H]2C(C)C)[C]1C. The van der Waals surface area contributed by atoms with Crippen molar-refractivity contribution in [2.75, 3.05) is 0 Å². The summed E-state index contributed by atoms with van der Waals surface area (Å²) < 4.78 is 0. The first-order valence-electron chi connectivity index (χ1n) is 11.1. The van der Waals surface area contributed by atoms with Gasteiger partial charge in [-0.3, -0.25) is 0 Å². The fraction of sp³-hybridized carbons (Fsp3) is 0.615. The van der Waals surface area contributed by atoms with E-state index in [2.05, 4.69) is 80.8 Å². The monoisotopic (exact) mass is 380 g/mol. The highest BCUT2D eigenvalue weighted by atomic mass is 28.3. The van der Waals surface area contributed by atoms with Gasteiger partial charge in [-0.15, -0.1) is 0 Å². The van der Waals surface area contributed by atoms with Gasteiger partial charge in [0.05, 0.1) is 8.07 Å². The van der Waals surface area contributed by atoms with Crippen LogP contribution in [0.3, 0.4) is 0 Å². The van der Waals surface area contributed by atoms with Crippen LogP contribution in [0.1, 0.15) is 67.7 Å². The minimum atomic E-state index is -1.72. The summed E-state index contributed by atoms with van der Waals surface area (Å²) in [5.41, 5.74) is 3.42. The lowest BCUT2D eigenvalue weighted by molar-refractivity contribution is 0.158. The summed E-state index contributed by atoms with van der Waals surface area (Å²) in [6, 6.07) is 0. The minimum absolute atomic E-state index is 0.753. The molecule has 148 valence electrons. The zero-order valence-electron chi connectivity index (χ0n) is 19.2. The maximum absolute atomic E-state index is 2.59. The highest BCUT2D eigenvalue weighted by molar-refractivity contribution is 6.90. The van der Waals surface area contributed by atoms with Crippen molar-refractivity contribution < 1.29 is 0 Å². The van der Waals surface area contributed by atoms with Gasteiger partial charge < -0.3 is 0 Å². The van der Waals surface area contributed by atoms with E-state index in [1.807, 2.05) is 0 Å². The van der Waals surface area contributed by atoms with Gasteiger partial charge in [-0.25, -0.2) is 0 Å². The lowest BCUT2D eigenvalue weighted by Gasteiger charge is -2.47. The quantitative estimate of drug-likeness (QED) is 0.451. The molecule has 0 aromatic heterocycles. The summed E-state index contributed by atoms with van der Waals surface area (Å²) in [7, 11) is -1.72. The van der Waals surface area contributed by atoms with Gasteiger partial charge in [-0.05, 0) is 96.4 Å². The molecular weight excluding hydrogens is 340 g/mol. The Kier molecular flexibility index (Phi) is 6.62. The zero-order valence-corrected chi connectivity index (χ0v) is 20.2. The molecule has 0 heterocycles. The van der Waals surface area contributed by atoms with Gasteiger partial charge in [0.15, 0.2) is 0 Å². The average molecular weight is 381 g/mol. The predicted octanol–water partition coefficient (Wildman–Crippen LogP) is 7.22. The van der Waals surface area contributed by atoms with Crippen LogP contribution in [-0.4, -0.2) is 8.07 Å². The van der Waals surface area contributed by atoms with Gasteiger partial charge in [-0.2, -0.15) is 0 Å². The topological polar surface area (TPSA) is 0 Å². The summed E-state index contributed by atoms with van der Waals surface area (Å²) in [6.45, 7) is 21.9. The number of hydrogen-bond acceptors (Lipinski definition) is 0. The van der Waals surface area contributed by atoms with Crippen LogP contribution in [0, 0.1) is 83.6 Å². The number of rotatable bonds is 4. The predicted molar refractivity (Wildman–Crippen MR) is 121 cm³/mol. The number of hydrogen-bond donors (Lipinski definition) is 0. The van der Waals surface area contributed by atoms with E-state index in [9.17, 15) is 0 Å². The molecule has 0 spiro atoms. The van der Waals surface area contributed by atoms with Crippen molar-refractivity contribution in [3.8, 4) is 0 Å². The van der Waals surface area contributed by atoms with Crippen LogP contribution >= 0.6 is 0 Å². The standard InChI is InChI=1S/C26H40Si/c1-16(2)22-14-13-17(3)15-24(22)23-11-10-12-25(23)27(8,9)26-20(6)18(4)19(5)21(26)7/h10-12,16-17,22,24H,13-15H2,1-9H3/t17-,22+,24+/m1/s1. The molecular formula is C26H40Si. The Labute approximate surface area is 172 Å². The molecule has 3 fully saturated rings. The second kappa shape index (κ2) is 8.15. The first kappa shape index (κ1) is 21.9. The Balaban J connectivity index is 1.86. The Hall–Kier alpha value is 0.217. The maximum Gasteiger partial charge on any atom is 0.0629 e. The van der Waals surface area contributed by atoms with E-state index < -0.39 is 8.07 Å². The molecule has 0 unspecified atom stereocenters. The van der Waals surface area contributed by atoms with E-state index in [0.29, 0.717) is 0 Å². The summed E-state index contributed by atoms with van der Waals surface area (Å²) in [4.78, 5) is 0. The zero-order chi connectivity index (χ0) is 20.1. The van der Waals surface area contributed by atoms with Crippen molar-refractivity contribution in [3.05, 3.63) is 59.9 Å². The van der Waals surface area contributed by atoms with Crippen LogP contribution < -0.4 is 0 Å². The van der Waals surface area contributed by atoms with Gasteiger partial charge in [0, 0.05) is 0 Å². The third kappa shape index (κ3) is 3.85. The maximum atomic E-state index is 2.59. The van der Waals surface area contributed by atoms with Crippen molar-refractivity contribution >= 4 is 8.07 Å². The third-order valence-electron chi connectivity index (χ3n) is 8.01. The van der Waals surface area contributed by atoms with Gasteiger partial charge in [0.1, 0.15) is 0 Å². The first-order valence-corrected chi connectivity index (χ1v) is 14.1. The lowest BCUT2D eigenvalue weighted by Crippen LogP contribution is -2.48. The van der Waals surface area contributed by atoms with Crippen LogP contribution in [-0.2, 0) is 0 Å². The molecule has 0 amide bonds. The Morgan fingerprint density at radius 2 is 1.48 bits per heavy atom. The summed E-state index contributed by atoms with van der Waals surface area (Å²) in [5.74, 6) is 11.1. The summed E-state index contributed by atoms with van der Waals surface area (Å²) in [5, 5.41) is 0. The van der Waals surface area contributed by atoms with E-state index in [4.69, 9.17) is 0 Å². The van der Waals surface area contributed by atoms with Crippen molar-refractivity contribution in [2.24, 2.45) is 23.7 Å². The van der Waals surface area contributed by atoms with Crippen molar-refractivity contribution in [1.29, 1.82) is 0 Å². The highest BCUT2D eigenvalue weighted by Crippen LogP contribution is 2.61. The molecule has 10 radical (unpaired) electrons. The summed E-state index contributed by atoms with van der Waals surface area (Å²) in [6.07, 6.45) is 11.5. The highest BCUT2D eigenvalue weighted by Gasteiger charge is 2.57. The second-order valence-electron chi connectivity index (χ2n) is 10.3. The molecule has 0 aromatic carbocycles. The van der Waals surface area contributed by atoms with Crippen LogP contribution in [0.4, 0.5) is 0 Å². The molecule has 3 rings (SSSR count). The largest absolute Gasteiger partial charge is 0.0685 e. The van der Waals surface area contributed by atoms with Crippen LogP contribution in [0.2, 0.25) is 13.1 Å². The van der Waals surface area contributed by atoms with E-state index >= 15 is 0 Å². The molecule has 1 heteroatoms. The molecule has 0 N–H and O–H groups in total. The Bertz CT molecular complexity index is 480. The molecule has 3 atom stereocenters. The molecule has 3 aliphatic carbocycles. The van der Waals surface area contributed by atoms with Crippen LogP contribution in [0.15, 0.2) is 0 Å². The van der Waals surface area contributed by atoms with Crippen molar-refractivity contribution in [1.82, 2.24) is 0 Å². The average Bonchev–Trinajstić information content (AvgIpc) is 3.16. The fourth-order valence-corrected chi connectivity index (χ4v) is 10.2. The van der Waals surface area contributed by atoms with E-state index in [-0.39, 0.29) is 0 Å². The molecule has 0 nitrogen and oxygen atoms in total. The molecule has 3 aliphatic rings.